The van der Waals surface area contributed by atoms with Gasteiger partial charge in [-0.05, 0) is 56.8 Å². The molecule has 2 bridgehead atoms. The molecule has 4 N–H and O–H groups in total. The molecule has 0 unspecified atom stereocenters. The molecule has 27 heavy (non-hydrogen) atoms. The van der Waals surface area contributed by atoms with Gasteiger partial charge in [-0.1, -0.05) is 6.07 Å². The molecule has 1 saturated heterocycles. The second kappa shape index (κ2) is 6.44. The van der Waals surface area contributed by atoms with Crippen LogP contribution in [0.1, 0.15) is 30.4 Å². The molecule has 5 rings (SSSR count). The van der Waals surface area contributed by atoms with Crippen molar-refractivity contribution in [1.82, 2.24) is 4.90 Å². The number of likely N-dealkylation sites (N-methyl/N-ethyl adjacent to an activating group) is 1. The van der Waals surface area contributed by atoms with E-state index in [1.54, 1.807) is 7.11 Å². The molecule has 2 heterocycles. The van der Waals surface area contributed by atoms with E-state index in [1.165, 1.54) is 11.1 Å². The first-order chi connectivity index (χ1) is 12.7. The summed E-state index contributed by atoms with van der Waals surface area (Å²) in [7, 11) is -0.682. The lowest BCUT2D eigenvalue weighted by Crippen LogP contribution is -2.66. The molecule has 0 amide bonds. The van der Waals surface area contributed by atoms with Crippen LogP contribution in [-0.4, -0.2) is 63.6 Å². The van der Waals surface area contributed by atoms with E-state index in [0.717, 1.165) is 43.7 Å². The van der Waals surface area contributed by atoms with Gasteiger partial charge in [0, 0.05) is 17.0 Å². The summed E-state index contributed by atoms with van der Waals surface area (Å²) in [5.74, 6) is 2.34. The first-order valence-corrected chi connectivity index (χ1v) is 10.8. The summed E-state index contributed by atoms with van der Waals surface area (Å²) in [6.07, 6.45) is 3.69. The van der Waals surface area contributed by atoms with Crippen LogP contribution in [-0.2, 0) is 16.4 Å². The number of aliphatic hydroxyl groups is 1. The van der Waals surface area contributed by atoms with Crippen molar-refractivity contribution in [2.75, 3.05) is 20.7 Å². The standard InChI is InChI=1S/C18H23NO3.H3O4P/c1-19-8-7-18-11-4-5-13(20)17(18)22-16-14(21-2)6-3-10(15(16)18)9-12(11)19;1-5(2,3)4/h3,6,11-13,17,20H,4-5,7-9H2,1-2H3;(H3,1,2,3,4)/t11-,12+,13-,17-,18-;/m0./s1. The smallest absolute Gasteiger partial charge is 0.466 e. The summed E-state index contributed by atoms with van der Waals surface area (Å²) < 4.78 is 20.8. The SMILES string of the molecule is COc1ccc2c3c1O[C@H]1[C@@H](O)CC[C@H]4[C@@H](C2)N(C)CC[C@@]341.O=P(O)(O)O. The van der Waals surface area contributed by atoms with Gasteiger partial charge in [0.05, 0.1) is 13.2 Å². The summed E-state index contributed by atoms with van der Waals surface area (Å²) in [4.78, 5) is 24.1. The molecule has 5 atom stereocenters. The molecule has 9 heteroatoms. The number of likely N-dealkylation sites (tertiary alicyclic amines) is 1. The lowest BCUT2D eigenvalue weighted by molar-refractivity contribution is -0.0993. The van der Waals surface area contributed by atoms with Crippen LogP contribution in [0.15, 0.2) is 12.1 Å². The van der Waals surface area contributed by atoms with Gasteiger partial charge in [-0.15, -0.1) is 0 Å². The van der Waals surface area contributed by atoms with Crippen LogP contribution in [0.4, 0.5) is 0 Å². The highest BCUT2D eigenvalue weighted by Crippen LogP contribution is 2.63. The summed E-state index contributed by atoms with van der Waals surface area (Å²) in [5, 5.41) is 10.6. The van der Waals surface area contributed by atoms with Gasteiger partial charge in [0.25, 0.3) is 0 Å². The van der Waals surface area contributed by atoms with E-state index in [4.69, 9.17) is 28.7 Å². The number of hydrogen-bond acceptors (Lipinski definition) is 5. The van der Waals surface area contributed by atoms with Crippen LogP contribution in [0.5, 0.6) is 11.5 Å². The number of phosphoric acid groups is 1. The lowest BCUT2D eigenvalue weighted by atomic mass is 9.51. The van der Waals surface area contributed by atoms with Crippen LogP contribution < -0.4 is 9.47 Å². The van der Waals surface area contributed by atoms with E-state index in [-0.39, 0.29) is 17.6 Å². The number of rotatable bonds is 1. The van der Waals surface area contributed by atoms with Crippen LogP contribution in [0.25, 0.3) is 0 Å². The normalized spacial score (nSPS) is 36.2. The third-order valence-corrected chi connectivity index (χ3v) is 6.77. The predicted molar refractivity (Wildman–Crippen MR) is 96.8 cm³/mol. The zero-order chi connectivity index (χ0) is 19.6. The minimum absolute atomic E-state index is 0.00625. The number of piperidine rings is 1. The Morgan fingerprint density at radius 2 is 2.00 bits per heavy atom. The largest absolute Gasteiger partial charge is 0.493 e. The fourth-order valence-electron chi connectivity index (χ4n) is 5.86. The van der Waals surface area contributed by atoms with Crippen molar-refractivity contribution < 1.29 is 33.8 Å². The molecule has 2 aliphatic heterocycles. The number of ether oxygens (including phenoxy) is 2. The van der Waals surface area contributed by atoms with Gasteiger partial charge in [0.1, 0.15) is 6.10 Å². The van der Waals surface area contributed by atoms with Gasteiger partial charge in [-0.3, -0.25) is 0 Å². The Hall–Kier alpha value is -1.15. The van der Waals surface area contributed by atoms with Crippen LogP contribution >= 0.6 is 7.82 Å². The van der Waals surface area contributed by atoms with Crippen LogP contribution in [0.3, 0.4) is 0 Å². The summed E-state index contributed by atoms with van der Waals surface area (Å²) in [6.45, 7) is 1.09. The van der Waals surface area contributed by atoms with Crippen molar-refractivity contribution in [3.63, 3.8) is 0 Å². The molecule has 0 aromatic heterocycles. The number of aliphatic hydroxyl groups excluding tert-OH is 1. The molecule has 8 nitrogen and oxygen atoms in total. The molecule has 1 spiro atoms. The monoisotopic (exact) mass is 399 g/mol. The number of hydrogen-bond donors (Lipinski definition) is 4. The maximum Gasteiger partial charge on any atom is 0.466 e. The number of benzene rings is 1. The second-order valence-electron chi connectivity index (χ2n) is 7.98. The third-order valence-electron chi connectivity index (χ3n) is 6.77. The summed E-state index contributed by atoms with van der Waals surface area (Å²) in [5.41, 5.74) is 2.77. The molecule has 1 aromatic rings. The Labute approximate surface area is 158 Å². The Kier molecular flexibility index (Phi) is 4.57. The van der Waals surface area contributed by atoms with Crippen LogP contribution in [0.2, 0.25) is 0 Å². The van der Waals surface area contributed by atoms with E-state index in [0.29, 0.717) is 12.0 Å². The van der Waals surface area contributed by atoms with E-state index < -0.39 is 7.82 Å². The second-order valence-corrected chi connectivity index (χ2v) is 9.00. The highest BCUT2D eigenvalue weighted by atomic mass is 31.2. The molecule has 2 aliphatic carbocycles. The molecule has 150 valence electrons. The summed E-state index contributed by atoms with van der Waals surface area (Å²) in [6, 6.07) is 4.83. The van der Waals surface area contributed by atoms with Crippen molar-refractivity contribution in [1.29, 1.82) is 0 Å². The average Bonchev–Trinajstić information content (AvgIpc) is 2.93. The van der Waals surface area contributed by atoms with Crippen molar-refractivity contribution in [2.24, 2.45) is 5.92 Å². The molecule has 1 aromatic carbocycles. The highest BCUT2D eigenvalue weighted by Gasteiger charge is 2.65. The Bertz CT molecular complexity index is 788. The van der Waals surface area contributed by atoms with Gasteiger partial charge in [0.15, 0.2) is 11.5 Å². The topological polar surface area (TPSA) is 120 Å². The highest BCUT2D eigenvalue weighted by molar-refractivity contribution is 7.45. The zero-order valence-electron chi connectivity index (χ0n) is 15.4. The lowest BCUT2D eigenvalue weighted by Gasteiger charge is -2.58. The van der Waals surface area contributed by atoms with Crippen molar-refractivity contribution in [3.8, 4) is 11.5 Å². The van der Waals surface area contributed by atoms with E-state index in [1.807, 2.05) is 6.07 Å². The minimum atomic E-state index is -4.64. The molecular weight excluding hydrogens is 373 g/mol. The maximum absolute atomic E-state index is 10.6. The molecule has 2 fully saturated rings. The Balaban J connectivity index is 0.000000323. The van der Waals surface area contributed by atoms with Crippen molar-refractivity contribution in [3.05, 3.63) is 23.3 Å². The number of methoxy groups -OCH3 is 1. The molecule has 1 saturated carbocycles. The maximum atomic E-state index is 10.6. The van der Waals surface area contributed by atoms with E-state index >= 15 is 0 Å². The fraction of sp³-hybridized carbons (Fsp3) is 0.667. The third kappa shape index (κ3) is 2.90. The minimum Gasteiger partial charge on any atom is -0.493 e. The zero-order valence-corrected chi connectivity index (χ0v) is 16.3. The quantitative estimate of drug-likeness (QED) is 0.512. The van der Waals surface area contributed by atoms with Crippen LogP contribution in [0, 0.1) is 5.92 Å². The number of nitrogens with zero attached hydrogens (tertiary/aromatic N) is 1. The van der Waals surface area contributed by atoms with Crippen molar-refractivity contribution in [2.45, 2.75) is 49.3 Å². The van der Waals surface area contributed by atoms with E-state index in [2.05, 4.69) is 18.0 Å². The molecule has 4 aliphatic rings. The summed E-state index contributed by atoms with van der Waals surface area (Å²) >= 11 is 0. The molecular formula is C18H26NO7P. The fourth-order valence-corrected chi connectivity index (χ4v) is 5.86. The Morgan fingerprint density at radius 1 is 1.30 bits per heavy atom. The molecule has 0 radical (unpaired) electrons. The Morgan fingerprint density at radius 3 is 2.67 bits per heavy atom. The van der Waals surface area contributed by atoms with Gasteiger partial charge < -0.3 is 34.2 Å². The first kappa shape index (κ1) is 19.2. The average molecular weight is 399 g/mol. The van der Waals surface area contributed by atoms with E-state index in [9.17, 15) is 5.11 Å². The predicted octanol–water partition coefficient (Wildman–Crippen LogP) is 0.796. The van der Waals surface area contributed by atoms with Gasteiger partial charge in [-0.2, -0.15) is 0 Å². The van der Waals surface area contributed by atoms with Gasteiger partial charge in [-0.25, -0.2) is 4.57 Å². The van der Waals surface area contributed by atoms with Gasteiger partial charge in [0.2, 0.25) is 0 Å². The van der Waals surface area contributed by atoms with Gasteiger partial charge >= 0.3 is 7.82 Å². The first-order valence-electron chi connectivity index (χ1n) is 9.20. The van der Waals surface area contributed by atoms with Crippen molar-refractivity contribution >= 4 is 7.82 Å².